The molecule has 5 heteroatoms. The minimum absolute atomic E-state index is 0.139. The van der Waals surface area contributed by atoms with E-state index in [-0.39, 0.29) is 24.7 Å². The molecule has 1 heterocycles. The number of fused-ring (bicyclic) bond motifs is 1. The first kappa shape index (κ1) is 15.5. The summed E-state index contributed by atoms with van der Waals surface area (Å²) in [6.07, 6.45) is 0.232. The van der Waals surface area contributed by atoms with E-state index in [1.807, 2.05) is 12.1 Å². The van der Waals surface area contributed by atoms with Crippen LogP contribution in [0.3, 0.4) is 0 Å². The van der Waals surface area contributed by atoms with Gasteiger partial charge in [-0.2, -0.15) is 0 Å². The SMILES string of the molecule is O=C(Cc1ccc(F)cc1)NCC(O)c1ccc2c(c1)CCO2. The summed E-state index contributed by atoms with van der Waals surface area (Å²) in [5, 5.41) is 12.9. The van der Waals surface area contributed by atoms with Crippen LogP contribution in [0.25, 0.3) is 0 Å². The van der Waals surface area contributed by atoms with E-state index in [0.29, 0.717) is 6.61 Å². The average molecular weight is 315 g/mol. The number of ether oxygens (including phenoxy) is 1. The lowest BCUT2D eigenvalue weighted by Gasteiger charge is -2.13. The molecular formula is C18H18FNO3. The molecule has 1 atom stereocenters. The highest BCUT2D eigenvalue weighted by atomic mass is 19.1. The van der Waals surface area contributed by atoms with Crippen LogP contribution in [0.15, 0.2) is 42.5 Å². The molecule has 2 N–H and O–H groups in total. The van der Waals surface area contributed by atoms with Crippen molar-refractivity contribution in [1.82, 2.24) is 5.32 Å². The standard InChI is InChI=1S/C18H18FNO3/c19-15-4-1-12(2-5-15)9-18(22)20-11-16(21)13-3-6-17-14(10-13)7-8-23-17/h1-6,10,16,21H,7-9,11H2,(H,20,22). The molecule has 2 aromatic carbocycles. The molecule has 1 amide bonds. The summed E-state index contributed by atoms with van der Waals surface area (Å²) < 4.78 is 18.2. The van der Waals surface area contributed by atoms with Crippen molar-refractivity contribution >= 4 is 5.91 Å². The van der Waals surface area contributed by atoms with Crippen molar-refractivity contribution in [3.05, 3.63) is 65.0 Å². The largest absolute Gasteiger partial charge is 0.493 e. The van der Waals surface area contributed by atoms with Gasteiger partial charge in [-0.25, -0.2) is 4.39 Å². The number of hydrogen-bond acceptors (Lipinski definition) is 3. The van der Waals surface area contributed by atoms with Gasteiger partial charge in [-0.1, -0.05) is 18.2 Å². The normalized spacial score (nSPS) is 14.0. The van der Waals surface area contributed by atoms with Gasteiger partial charge in [0, 0.05) is 13.0 Å². The summed E-state index contributed by atoms with van der Waals surface area (Å²) >= 11 is 0. The zero-order valence-electron chi connectivity index (χ0n) is 12.6. The lowest BCUT2D eigenvalue weighted by Crippen LogP contribution is -2.29. The molecule has 4 nitrogen and oxygen atoms in total. The van der Waals surface area contributed by atoms with Crippen molar-refractivity contribution < 1.29 is 19.0 Å². The predicted molar refractivity (Wildman–Crippen MR) is 83.7 cm³/mol. The van der Waals surface area contributed by atoms with E-state index in [1.165, 1.54) is 12.1 Å². The Bertz CT molecular complexity index is 700. The fraction of sp³-hybridized carbons (Fsp3) is 0.278. The maximum absolute atomic E-state index is 12.8. The maximum atomic E-state index is 12.8. The number of carbonyl (C=O) groups is 1. The Kier molecular flexibility index (Phi) is 4.57. The molecule has 0 aromatic heterocycles. The highest BCUT2D eigenvalue weighted by molar-refractivity contribution is 5.78. The van der Waals surface area contributed by atoms with E-state index in [4.69, 9.17) is 4.74 Å². The number of carbonyl (C=O) groups excluding carboxylic acids is 1. The van der Waals surface area contributed by atoms with Crippen molar-refractivity contribution in [2.24, 2.45) is 0 Å². The molecule has 23 heavy (non-hydrogen) atoms. The third kappa shape index (κ3) is 3.87. The first-order chi connectivity index (χ1) is 11.1. The van der Waals surface area contributed by atoms with Crippen LogP contribution in [0.4, 0.5) is 4.39 Å². The van der Waals surface area contributed by atoms with Gasteiger partial charge in [0.15, 0.2) is 0 Å². The van der Waals surface area contributed by atoms with Crippen molar-refractivity contribution in [2.75, 3.05) is 13.2 Å². The van der Waals surface area contributed by atoms with Crippen LogP contribution in [-0.4, -0.2) is 24.2 Å². The van der Waals surface area contributed by atoms with Crippen LogP contribution < -0.4 is 10.1 Å². The molecule has 1 aliphatic heterocycles. The number of benzene rings is 2. The Labute approximate surface area is 133 Å². The minimum Gasteiger partial charge on any atom is -0.493 e. The summed E-state index contributed by atoms with van der Waals surface area (Å²) in [5.74, 6) is 0.326. The number of aliphatic hydroxyl groups excluding tert-OH is 1. The molecule has 0 saturated heterocycles. The molecule has 0 spiro atoms. The highest BCUT2D eigenvalue weighted by Gasteiger charge is 2.16. The van der Waals surface area contributed by atoms with Crippen LogP contribution in [0, 0.1) is 5.82 Å². The van der Waals surface area contributed by atoms with E-state index in [0.717, 1.165) is 28.9 Å². The van der Waals surface area contributed by atoms with Crippen LogP contribution in [0.1, 0.15) is 22.8 Å². The molecule has 0 radical (unpaired) electrons. The Morgan fingerprint density at radius 1 is 1.26 bits per heavy atom. The smallest absolute Gasteiger partial charge is 0.224 e. The Morgan fingerprint density at radius 3 is 2.83 bits per heavy atom. The van der Waals surface area contributed by atoms with Gasteiger partial charge in [-0.15, -0.1) is 0 Å². The van der Waals surface area contributed by atoms with E-state index in [1.54, 1.807) is 18.2 Å². The predicted octanol–water partition coefficient (Wildman–Crippen LogP) is 2.15. The second kappa shape index (κ2) is 6.79. The first-order valence-electron chi connectivity index (χ1n) is 7.56. The number of rotatable bonds is 5. The van der Waals surface area contributed by atoms with E-state index in [2.05, 4.69) is 5.32 Å². The van der Waals surface area contributed by atoms with Gasteiger partial charge in [0.1, 0.15) is 11.6 Å². The number of aliphatic hydroxyl groups is 1. The van der Waals surface area contributed by atoms with Crippen molar-refractivity contribution in [3.8, 4) is 5.75 Å². The van der Waals surface area contributed by atoms with Gasteiger partial charge in [0.25, 0.3) is 0 Å². The second-order valence-electron chi connectivity index (χ2n) is 5.59. The molecular weight excluding hydrogens is 297 g/mol. The molecule has 0 aliphatic carbocycles. The van der Waals surface area contributed by atoms with Crippen LogP contribution >= 0.6 is 0 Å². The molecule has 1 aliphatic rings. The van der Waals surface area contributed by atoms with Crippen molar-refractivity contribution in [2.45, 2.75) is 18.9 Å². The third-order valence-electron chi connectivity index (χ3n) is 3.87. The topological polar surface area (TPSA) is 58.6 Å². The average Bonchev–Trinajstić information content (AvgIpc) is 3.02. The molecule has 0 bridgehead atoms. The van der Waals surface area contributed by atoms with Gasteiger partial charge in [-0.05, 0) is 41.0 Å². The van der Waals surface area contributed by atoms with Crippen LogP contribution in [-0.2, 0) is 17.6 Å². The summed E-state index contributed by atoms with van der Waals surface area (Å²) in [7, 11) is 0. The van der Waals surface area contributed by atoms with Gasteiger partial charge >= 0.3 is 0 Å². The van der Waals surface area contributed by atoms with Crippen LogP contribution in [0.2, 0.25) is 0 Å². The summed E-state index contributed by atoms with van der Waals surface area (Å²) in [4.78, 5) is 11.9. The van der Waals surface area contributed by atoms with Gasteiger partial charge in [0.05, 0.1) is 19.1 Å². The van der Waals surface area contributed by atoms with Crippen LogP contribution in [0.5, 0.6) is 5.75 Å². The monoisotopic (exact) mass is 315 g/mol. The van der Waals surface area contributed by atoms with Crippen molar-refractivity contribution in [3.63, 3.8) is 0 Å². The molecule has 1 unspecified atom stereocenters. The van der Waals surface area contributed by atoms with E-state index >= 15 is 0 Å². The minimum atomic E-state index is -0.766. The van der Waals surface area contributed by atoms with E-state index in [9.17, 15) is 14.3 Å². The lowest BCUT2D eigenvalue weighted by atomic mass is 10.0. The fourth-order valence-corrected chi connectivity index (χ4v) is 2.59. The molecule has 0 fully saturated rings. The molecule has 2 aromatic rings. The first-order valence-corrected chi connectivity index (χ1v) is 7.56. The zero-order chi connectivity index (χ0) is 16.2. The quantitative estimate of drug-likeness (QED) is 0.889. The lowest BCUT2D eigenvalue weighted by molar-refractivity contribution is -0.120. The van der Waals surface area contributed by atoms with Gasteiger partial charge in [0.2, 0.25) is 5.91 Å². The van der Waals surface area contributed by atoms with Crippen molar-refractivity contribution in [1.29, 1.82) is 0 Å². The number of amides is 1. The summed E-state index contributed by atoms with van der Waals surface area (Å²) in [5.41, 5.74) is 2.57. The number of nitrogens with one attached hydrogen (secondary N) is 1. The second-order valence-corrected chi connectivity index (χ2v) is 5.59. The summed E-state index contributed by atoms with van der Waals surface area (Å²) in [6, 6.07) is 11.4. The van der Waals surface area contributed by atoms with Gasteiger partial charge < -0.3 is 15.2 Å². The molecule has 0 saturated carbocycles. The maximum Gasteiger partial charge on any atom is 0.224 e. The molecule has 120 valence electrons. The highest BCUT2D eigenvalue weighted by Crippen LogP contribution is 2.27. The van der Waals surface area contributed by atoms with Gasteiger partial charge in [-0.3, -0.25) is 4.79 Å². The third-order valence-corrected chi connectivity index (χ3v) is 3.87. The van der Waals surface area contributed by atoms with E-state index < -0.39 is 6.10 Å². The molecule has 3 rings (SSSR count). The fourth-order valence-electron chi connectivity index (χ4n) is 2.59. The number of halogens is 1. The Morgan fingerprint density at radius 2 is 2.04 bits per heavy atom. The summed E-state index contributed by atoms with van der Waals surface area (Å²) in [6.45, 7) is 0.808. The number of hydrogen-bond donors (Lipinski definition) is 2. The zero-order valence-corrected chi connectivity index (χ0v) is 12.6. The Balaban J connectivity index is 1.53. The Hall–Kier alpha value is -2.40.